The first-order valence-electron chi connectivity index (χ1n) is 22.0. The number of fused-ring (bicyclic) bond motifs is 1. The van der Waals surface area contributed by atoms with Crippen molar-refractivity contribution in [2.24, 2.45) is 11.3 Å². The SMILES string of the molecule is Cc1c(C(=O)NC2CCC(NC(=O)OC(C)(C)C)CC2)c2ncnc(-c3cc(C(F)(F)F)ccc3OCC3CC3)c2n1COCCCCCCCCCCCC(C)(C)C. The summed E-state index contributed by atoms with van der Waals surface area (Å²) in [5.41, 5.74) is 1.06. The van der Waals surface area contributed by atoms with E-state index in [1.807, 2.05) is 32.3 Å². The molecule has 1 aromatic carbocycles. The minimum absolute atomic E-state index is 0.0637. The predicted octanol–water partition coefficient (Wildman–Crippen LogP) is 11.7. The molecule has 0 radical (unpaired) electrons. The van der Waals surface area contributed by atoms with Crippen molar-refractivity contribution in [3.05, 3.63) is 41.3 Å². The molecule has 0 unspecified atom stereocenters. The van der Waals surface area contributed by atoms with Crippen LogP contribution in [0.5, 0.6) is 5.75 Å². The first kappa shape index (κ1) is 46.2. The molecule has 2 heterocycles. The number of unbranched alkanes of at least 4 members (excludes halogenated alkanes) is 8. The van der Waals surface area contributed by atoms with E-state index in [9.17, 15) is 22.8 Å². The predicted molar refractivity (Wildman–Crippen MR) is 225 cm³/mol. The number of alkyl halides is 3. The highest BCUT2D eigenvalue weighted by molar-refractivity contribution is 6.09. The molecule has 0 aliphatic heterocycles. The second kappa shape index (κ2) is 20.6. The lowest BCUT2D eigenvalue weighted by molar-refractivity contribution is -0.137. The van der Waals surface area contributed by atoms with Crippen molar-refractivity contribution < 1.29 is 37.0 Å². The number of benzene rings is 1. The Morgan fingerprint density at radius 3 is 2.02 bits per heavy atom. The number of carbonyl (C=O) groups is 2. The maximum Gasteiger partial charge on any atom is 0.416 e. The summed E-state index contributed by atoms with van der Waals surface area (Å²) >= 11 is 0. The first-order chi connectivity index (χ1) is 27.9. The minimum Gasteiger partial charge on any atom is -0.493 e. The van der Waals surface area contributed by atoms with Crippen LogP contribution >= 0.6 is 0 Å². The molecule has 2 aromatic heterocycles. The average molecular weight is 828 g/mol. The zero-order valence-electron chi connectivity index (χ0n) is 36.5. The lowest BCUT2D eigenvalue weighted by Gasteiger charge is -2.30. The molecular weight excluding hydrogens is 760 g/mol. The van der Waals surface area contributed by atoms with Crippen molar-refractivity contribution in [1.29, 1.82) is 0 Å². The summed E-state index contributed by atoms with van der Waals surface area (Å²) < 4.78 is 62.0. The van der Waals surface area contributed by atoms with E-state index in [4.69, 9.17) is 14.2 Å². The van der Waals surface area contributed by atoms with Crippen molar-refractivity contribution in [2.75, 3.05) is 13.2 Å². The normalized spacial score (nSPS) is 17.6. The second-order valence-electron chi connectivity index (χ2n) is 19.0. The van der Waals surface area contributed by atoms with Crippen molar-refractivity contribution in [2.45, 2.75) is 182 Å². The summed E-state index contributed by atoms with van der Waals surface area (Å²) in [4.78, 5) is 35.7. The fraction of sp³-hybridized carbons (Fsp3) is 0.696. The summed E-state index contributed by atoms with van der Waals surface area (Å²) in [6, 6.07) is 3.26. The topological polar surface area (TPSA) is 117 Å². The van der Waals surface area contributed by atoms with E-state index in [1.54, 1.807) is 0 Å². The Kier molecular flexibility index (Phi) is 16.1. The standard InChI is InChI=1S/C46H68F3N5O5/c1-31-38(42(55)52-34-20-22-35(23-21-34)53-43(56)59-45(5,6)7)40-41(54(31)30-57-26-16-14-12-10-8-9-11-13-15-25-44(2,3)4)39(50-29-51-40)36-27-33(46(47,48)49)19-24-37(36)58-28-32-17-18-32/h19,24,27,29,32,34-35H,8-18,20-23,25-26,28,30H2,1-7H3,(H,52,55)(H,53,56). The van der Waals surface area contributed by atoms with Gasteiger partial charge in [0.15, 0.2) is 0 Å². The van der Waals surface area contributed by atoms with Gasteiger partial charge in [-0.15, -0.1) is 0 Å². The van der Waals surface area contributed by atoms with Gasteiger partial charge < -0.3 is 29.4 Å². The zero-order chi connectivity index (χ0) is 42.8. The fourth-order valence-corrected chi connectivity index (χ4v) is 7.80. The van der Waals surface area contributed by atoms with Crippen LogP contribution in [0.1, 0.15) is 166 Å². The Morgan fingerprint density at radius 1 is 0.814 bits per heavy atom. The van der Waals surface area contributed by atoms with Gasteiger partial charge in [0, 0.05) is 29.9 Å². The number of nitrogens with one attached hydrogen (secondary N) is 2. The highest BCUT2D eigenvalue weighted by Gasteiger charge is 2.34. The number of amides is 2. The van der Waals surface area contributed by atoms with Crippen LogP contribution in [0.25, 0.3) is 22.3 Å². The van der Waals surface area contributed by atoms with Crippen LogP contribution in [0.3, 0.4) is 0 Å². The molecule has 0 spiro atoms. The molecule has 5 rings (SSSR count). The molecule has 2 amide bonds. The van der Waals surface area contributed by atoms with E-state index in [0.717, 1.165) is 44.2 Å². The highest BCUT2D eigenvalue weighted by atomic mass is 19.4. The van der Waals surface area contributed by atoms with Gasteiger partial charge in [-0.05, 0) is 109 Å². The third kappa shape index (κ3) is 14.4. The van der Waals surface area contributed by atoms with E-state index >= 15 is 0 Å². The van der Waals surface area contributed by atoms with Gasteiger partial charge in [-0.1, -0.05) is 72.1 Å². The molecule has 328 valence electrons. The van der Waals surface area contributed by atoms with Crippen LogP contribution in [-0.4, -0.2) is 57.4 Å². The second-order valence-corrected chi connectivity index (χ2v) is 19.0. The number of aromatic nitrogens is 3. The highest BCUT2D eigenvalue weighted by Crippen LogP contribution is 2.41. The molecule has 0 atom stereocenters. The molecule has 2 N–H and O–H groups in total. The van der Waals surface area contributed by atoms with E-state index in [0.29, 0.717) is 78.3 Å². The monoisotopic (exact) mass is 828 g/mol. The first-order valence-corrected chi connectivity index (χ1v) is 22.0. The Balaban J connectivity index is 1.30. The van der Waals surface area contributed by atoms with Crippen LogP contribution in [-0.2, 0) is 22.4 Å². The number of halogens is 3. The fourth-order valence-electron chi connectivity index (χ4n) is 7.80. The summed E-state index contributed by atoms with van der Waals surface area (Å²) in [6.45, 7) is 15.1. The smallest absolute Gasteiger partial charge is 0.416 e. The van der Waals surface area contributed by atoms with Gasteiger partial charge in [-0.3, -0.25) is 4.79 Å². The third-order valence-electron chi connectivity index (χ3n) is 11.3. The Labute approximate surface area is 349 Å². The van der Waals surface area contributed by atoms with Gasteiger partial charge >= 0.3 is 12.3 Å². The minimum atomic E-state index is -4.59. The molecule has 2 saturated carbocycles. The summed E-state index contributed by atoms with van der Waals surface area (Å²) in [7, 11) is 0. The zero-order valence-corrected chi connectivity index (χ0v) is 36.5. The maximum atomic E-state index is 14.2. The number of rotatable bonds is 20. The Hall–Kier alpha value is -3.87. The maximum absolute atomic E-state index is 14.2. The lowest BCUT2D eigenvalue weighted by atomic mass is 9.89. The molecule has 3 aromatic rings. The Morgan fingerprint density at radius 2 is 1.42 bits per heavy atom. The number of carbonyl (C=O) groups excluding carboxylic acids is 2. The van der Waals surface area contributed by atoms with Gasteiger partial charge in [0.05, 0.1) is 23.3 Å². The summed E-state index contributed by atoms with van der Waals surface area (Å²) in [5.74, 6) is 0.337. The van der Waals surface area contributed by atoms with E-state index < -0.39 is 23.4 Å². The molecular formula is C46H68F3N5O5. The van der Waals surface area contributed by atoms with E-state index in [2.05, 4.69) is 41.4 Å². The van der Waals surface area contributed by atoms with Crippen LogP contribution < -0.4 is 15.4 Å². The van der Waals surface area contributed by atoms with Crippen molar-refractivity contribution in [3.8, 4) is 17.0 Å². The quantitative estimate of drug-likeness (QED) is 0.109. The van der Waals surface area contributed by atoms with Gasteiger partial charge in [0.1, 0.15) is 35.6 Å². The molecule has 2 aliphatic carbocycles. The number of hydrogen-bond acceptors (Lipinski definition) is 7. The Bertz CT molecular complexity index is 1840. The molecule has 10 nitrogen and oxygen atoms in total. The van der Waals surface area contributed by atoms with Crippen LogP contribution in [0.4, 0.5) is 18.0 Å². The summed E-state index contributed by atoms with van der Waals surface area (Å²) in [5, 5.41) is 6.12. The average Bonchev–Trinajstić information content (AvgIpc) is 3.93. The van der Waals surface area contributed by atoms with Crippen LogP contribution in [0, 0.1) is 18.3 Å². The largest absolute Gasteiger partial charge is 0.493 e. The lowest BCUT2D eigenvalue weighted by Crippen LogP contribution is -2.45. The van der Waals surface area contributed by atoms with Gasteiger partial charge in [0.2, 0.25) is 0 Å². The van der Waals surface area contributed by atoms with E-state index in [1.165, 1.54) is 57.3 Å². The van der Waals surface area contributed by atoms with Crippen LogP contribution in [0.2, 0.25) is 0 Å². The van der Waals surface area contributed by atoms with Crippen molar-refractivity contribution >= 4 is 23.0 Å². The number of hydrogen-bond donors (Lipinski definition) is 2. The van der Waals surface area contributed by atoms with Gasteiger partial charge in [0.25, 0.3) is 5.91 Å². The van der Waals surface area contributed by atoms with Crippen molar-refractivity contribution in [3.63, 3.8) is 0 Å². The molecule has 59 heavy (non-hydrogen) atoms. The van der Waals surface area contributed by atoms with E-state index in [-0.39, 0.29) is 36.0 Å². The third-order valence-corrected chi connectivity index (χ3v) is 11.3. The molecule has 0 bridgehead atoms. The van der Waals surface area contributed by atoms with Crippen LogP contribution in [0.15, 0.2) is 24.5 Å². The molecule has 13 heteroatoms. The van der Waals surface area contributed by atoms with Crippen molar-refractivity contribution in [1.82, 2.24) is 25.2 Å². The number of nitrogens with zero attached hydrogens (tertiary/aromatic N) is 3. The number of ether oxygens (including phenoxy) is 3. The van der Waals surface area contributed by atoms with Gasteiger partial charge in [-0.2, -0.15) is 13.2 Å². The van der Waals surface area contributed by atoms with Gasteiger partial charge in [-0.25, -0.2) is 14.8 Å². The summed E-state index contributed by atoms with van der Waals surface area (Å²) in [6.07, 6.45) is 12.8. The molecule has 2 fully saturated rings. The number of alkyl carbamates (subject to hydrolysis) is 1. The molecule has 0 saturated heterocycles. The molecule has 2 aliphatic rings.